The van der Waals surface area contributed by atoms with Gasteiger partial charge in [-0.15, -0.1) is 95.1 Å². The van der Waals surface area contributed by atoms with Gasteiger partial charge in [0.1, 0.15) is 0 Å². The van der Waals surface area contributed by atoms with Gasteiger partial charge in [-0.1, -0.05) is 190 Å². The number of hydrogen-bond acceptors (Lipinski definition) is 12. The third-order valence-electron chi connectivity index (χ3n) is 22.7. The molecule has 12 aromatic carbocycles. The van der Waals surface area contributed by atoms with Crippen molar-refractivity contribution in [3.8, 4) is 136 Å². The minimum Gasteiger partial charge on any atom is -0.460 e. The number of aromatic nitrogens is 8. The van der Waals surface area contributed by atoms with Gasteiger partial charge in [0.05, 0.1) is 5.48 Å². The summed E-state index contributed by atoms with van der Waals surface area (Å²) in [4.78, 5) is 35.2. The van der Waals surface area contributed by atoms with Gasteiger partial charge >= 0.3 is 84.3 Å². The van der Waals surface area contributed by atoms with E-state index in [0.717, 1.165) is 88.7 Å². The zero-order chi connectivity index (χ0) is 88.8. The summed E-state index contributed by atoms with van der Waals surface area (Å²) in [5.74, 6) is 3.61. The summed E-state index contributed by atoms with van der Waals surface area (Å²) >= 11 is 0. The molecule has 0 unspecified atom stereocenters. The molecule has 4 aliphatic rings. The van der Waals surface area contributed by atoms with Gasteiger partial charge < -0.3 is 18.9 Å². The van der Waals surface area contributed by atoms with E-state index in [9.17, 15) is 0 Å². The average Bonchev–Trinajstić information content (AvgIpc) is 1.61. The van der Waals surface area contributed by atoms with Crippen LogP contribution in [0, 0.1) is 48.5 Å². The topological polar surface area (TPSA) is 140 Å². The molecular weight excluding hydrogens is 2340 g/mol. The number of hydrogen-bond donors (Lipinski definition) is 0. The number of pyridine rings is 8. The molecule has 0 saturated carbocycles. The maximum atomic E-state index is 7.98. The van der Waals surface area contributed by atoms with Gasteiger partial charge in [0.2, 0.25) is 50.4 Å². The summed E-state index contributed by atoms with van der Waals surface area (Å²) in [6, 6.07) is 142. The summed E-state index contributed by atoms with van der Waals surface area (Å²) in [7, 11) is 0. The van der Waals surface area contributed by atoms with Crippen LogP contribution < -0.4 is 85.0 Å². The van der Waals surface area contributed by atoms with Crippen molar-refractivity contribution >= 4 is 92.9 Å². The van der Waals surface area contributed by atoms with E-state index < -0.39 is 0 Å². The quantitative estimate of drug-likeness (QED) is 0.0672. The first-order valence-corrected chi connectivity index (χ1v) is 41.8. The van der Waals surface area contributed by atoms with Crippen LogP contribution in [0.4, 0.5) is 0 Å². The second-order valence-electron chi connectivity index (χ2n) is 30.4. The van der Waals surface area contributed by atoms with Gasteiger partial charge in [-0.05, 0) is 72.8 Å². The second kappa shape index (κ2) is 41.9. The Kier molecular flexibility index (Phi) is 26.9. The predicted octanol–water partition coefficient (Wildman–Crippen LogP) is 16.1. The Hall–Kier alpha value is -13.9. The molecule has 0 aliphatic carbocycles. The maximum Gasteiger partial charge on any atom is 2.00 e. The molecular formula is C112H68B4N8O4Pt4. The van der Waals surface area contributed by atoms with Crippen molar-refractivity contribution in [1.29, 1.82) is 0 Å². The summed E-state index contributed by atoms with van der Waals surface area (Å²) in [6.45, 7) is 0.169. The fourth-order valence-electron chi connectivity index (χ4n) is 17.1. The molecule has 0 spiro atoms. The van der Waals surface area contributed by atoms with Crippen molar-refractivity contribution < 1.29 is 109 Å². The first kappa shape index (κ1) is 84.9. The van der Waals surface area contributed by atoms with E-state index in [1.165, 1.54) is 72.6 Å². The molecule has 0 fully saturated rings. The standard InChI is InChI=1S/4C28H17BN2O.4Pt/c4*1-2-11-25-23(10-1)24-15-14-21(19-26(24)29(25)27-12-3-5-16-30-27)20-8-7-9-22(18-20)32-28-13-4-6-17-31-28;;;;/h4*1-17H;;;;/q4*-2;4*+2/i17D;13D;6D;4D;;;;. The Morgan fingerprint density at radius 3 is 0.818 bits per heavy atom. The molecule has 24 rings (SSSR count). The molecule has 4 aliphatic heterocycles. The smallest absolute Gasteiger partial charge is 0.460 e. The van der Waals surface area contributed by atoms with E-state index >= 15 is 0 Å². The Morgan fingerprint density at radius 1 is 0.197 bits per heavy atom. The molecule has 0 amide bonds. The fraction of sp³-hybridized carbons (Fsp3) is 0. The molecule has 0 saturated heterocycles. The molecule has 12 nitrogen and oxygen atoms in total. The van der Waals surface area contributed by atoms with Crippen molar-refractivity contribution in [1.82, 2.24) is 39.9 Å². The molecule has 12 heterocycles. The van der Waals surface area contributed by atoms with Crippen LogP contribution in [0.2, 0.25) is 0 Å². The Balaban J connectivity index is 0.000000125. The number of ether oxygens (including phenoxy) is 4. The minimum absolute atomic E-state index is 0. The van der Waals surface area contributed by atoms with Crippen molar-refractivity contribution in [2.75, 3.05) is 0 Å². The predicted molar refractivity (Wildman–Crippen MR) is 513 cm³/mol. The summed E-state index contributed by atoms with van der Waals surface area (Å²) in [5, 5.41) is 0. The largest absolute Gasteiger partial charge is 2.00 e. The van der Waals surface area contributed by atoms with Crippen LogP contribution in [0.3, 0.4) is 0 Å². The summed E-state index contributed by atoms with van der Waals surface area (Å²) in [6.07, 6.45) is 12.2. The molecule has 132 heavy (non-hydrogen) atoms. The van der Waals surface area contributed by atoms with Gasteiger partial charge in [0.25, 0.3) is 0 Å². The van der Waals surface area contributed by atoms with Crippen LogP contribution in [0.25, 0.3) is 89.0 Å². The zero-order valence-corrected chi connectivity index (χ0v) is 78.8. The molecule has 632 valence electrons. The normalized spacial score (nSPS) is 11.8. The molecule has 8 aromatic heterocycles. The third kappa shape index (κ3) is 19.3. The van der Waals surface area contributed by atoms with Crippen molar-refractivity contribution in [2.45, 2.75) is 0 Å². The van der Waals surface area contributed by atoms with Gasteiger partial charge in [-0.25, -0.2) is 64.4 Å². The summed E-state index contributed by atoms with van der Waals surface area (Å²) in [5.41, 5.74) is 30.5. The van der Waals surface area contributed by atoms with Crippen LogP contribution in [0.5, 0.6) is 46.5 Å². The Labute approximate surface area is 831 Å². The van der Waals surface area contributed by atoms with Gasteiger partial charge in [0.15, 0.2) is 0 Å². The number of rotatable bonds is 16. The SMILES string of the molecule is [2H]c1ccc(Oc2[c-]c(-c3[c-]c4c(cc3)-c3ccccc3B4c3ccccn3)ccc2)nc1.[2H]c1cccc(Oc2[c-]c(-c3[c-]c4c(cc3)-c3ccccc3B4c3ccccn3)ccc2)n1.[2H]c1cccnc1Oc1[c-]c(-c2[c-]c3c(cc2)-c2ccccc2B3c2ccccn2)ccc1.[2H]c1ccnc(Oc2[c-]c(-c3[c-]c4c(cc3)-c3ccccc3B4c3ccccn3)ccc2)c1.[Pt+2].[Pt+2].[Pt+2].[Pt+2]. The van der Waals surface area contributed by atoms with Crippen LogP contribution in [0.15, 0.2) is 413 Å². The van der Waals surface area contributed by atoms with Gasteiger partial charge in [-0.3, -0.25) is 19.9 Å². The molecule has 0 N–H and O–H groups in total. The van der Waals surface area contributed by atoms with Crippen LogP contribution in [0.1, 0.15) is 5.48 Å². The molecule has 20 heteroatoms. The van der Waals surface area contributed by atoms with E-state index in [0.29, 0.717) is 52.7 Å². The third-order valence-corrected chi connectivity index (χ3v) is 22.7. The van der Waals surface area contributed by atoms with Gasteiger partial charge in [-0.2, -0.15) is 119 Å². The molecule has 0 atom stereocenters. The van der Waals surface area contributed by atoms with Crippen LogP contribution in [-0.2, 0) is 84.3 Å². The minimum atomic E-state index is 0. The monoisotopic (exact) mass is 2420 g/mol. The van der Waals surface area contributed by atoms with E-state index in [1.807, 2.05) is 146 Å². The Bertz CT molecular complexity index is 7480. The first-order chi connectivity index (χ1) is 65.1. The second-order valence-corrected chi connectivity index (χ2v) is 30.4. The first-order valence-electron chi connectivity index (χ1n) is 43.8. The maximum absolute atomic E-state index is 7.98. The average molecular weight is 2420 g/mol. The number of benzene rings is 12. The van der Waals surface area contributed by atoms with Crippen LogP contribution in [-0.4, -0.2) is 66.7 Å². The Morgan fingerprint density at radius 2 is 0.485 bits per heavy atom. The van der Waals surface area contributed by atoms with E-state index in [4.69, 9.17) is 24.4 Å². The van der Waals surface area contributed by atoms with Crippen LogP contribution >= 0.6 is 0 Å². The summed E-state index contributed by atoms with van der Waals surface area (Å²) < 4.78 is 54.4. The fourth-order valence-corrected chi connectivity index (χ4v) is 17.1. The van der Waals surface area contributed by atoms with E-state index in [2.05, 4.69) is 258 Å². The van der Waals surface area contributed by atoms with Crippen molar-refractivity contribution in [3.05, 3.63) is 462 Å². The zero-order valence-electron chi connectivity index (χ0n) is 73.7. The molecule has 0 bridgehead atoms. The van der Waals surface area contributed by atoms with E-state index in [1.54, 1.807) is 67.0 Å². The van der Waals surface area contributed by atoms with Gasteiger partial charge in [0, 0.05) is 119 Å². The molecule has 20 aromatic rings. The van der Waals surface area contributed by atoms with E-state index in [-0.39, 0.29) is 129 Å². The number of fused-ring (bicyclic) bond motifs is 12. The number of nitrogens with zero attached hydrogens (tertiary/aromatic N) is 8. The van der Waals surface area contributed by atoms with Crippen molar-refractivity contribution in [3.63, 3.8) is 0 Å². The molecule has 0 radical (unpaired) electrons. The van der Waals surface area contributed by atoms with Crippen molar-refractivity contribution in [2.24, 2.45) is 0 Å².